The average Bonchev–Trinajstić information content (AvgIpc) is 2.11. The minimum atomic E-state index is -4.79. The fraction of sp³-hybridized carbons (Fsp3) is 0.667. The number of aliphatic imine (C=N–C) groups is 1. The second-order valence-corrected chi connectivity index (χ2v) is 4.23. The van der Waals surface area contributed by atoms with Crippen molar-refractivity contribution in [3.8, 4) is 0 Å². The molecule has 88 valence electrons. The van der Waals surface area contributed by atoms with Crippen LogP contribution in [0.2, 0.25) is 0 Å². The van der Waals surface area contributed by atoms with E-state index in [1.54, 1.807) is 5.32 Å². The fourth-order valence-electron chi connectivity index (χ4n) is 0.678. The first kappa shape index (κ1) is 14.1. The summed E-state index contributed by atoms with van der Waals surface area (Å²) in [5.41, 5.74) is 8.97. The Hall–Kier alpha value is -0.950. The van der Waals surface area contributed by atoms with E-state index in [-0.39, 0.29) is 5.96 Å². The van der Waals surface area contributed by atoms with Crippen LogP contribution >= 0.6 is 7.60 Å². The molecule has 1 amide bonds. The van der Waals surface area contributed by atoms with Crippen LogP contribution in [0.25, 0.3) is 0 Å². The number of carbonyl (C=O) groups is 1. The second-order valence-electron chi connectivity index (χ2n) is 2.74. The zero-order valence-electron chi connectivity index (χ0n) is 8.09. The molecule has 0 radical (unpaired) electrons. The first-order valence-corrected chi connectivity index (χ1v) is 5.86. The van der Waals surface area contributed by atoms with E-state index in [1.165, 1.54) is 0 Å². The quantitative estimate of drug-likeness (QED) is 0.178. The Bertz CT molecular complexity index is 287. The number of nitrogens with one attached hydrogen (secondary N) is 1. The third-order valence-electron chi connectivity index (χ3n) is 1.39. The van der Waals surface area contributed by atoms with Crippen molar-refractivity contribution in [2.24, 2.45) is 16.5 Å². The van der Waals surface area contributed by atoms with E-state index >= 15 is 0 Å². The minimum Gasteiger partial charge on any atom is -0.370 e. The molecule has 15 heavy (non-hydrogen) atoms. The van der Waals surface area contributed by atoms with Crippen molar-refractivity contribution >= 4 is 19.2 Å². The van der Waals surface area contributed by atoms with Crippen LogP contribution in [-0.4, -0.2) is 34.5 Å². The van der Waals surface area contributed by atoms with Crippen LogP contribution in [0.1, 0.15) is 12.8 Å². The molecule has 0 aliphatic rings. The van der Waals surface area contributed by atoms with Crippen molar-refractivity contribution in [3.63, 3.8) is 0 Å². The third-order valence-corrected chi connectivity index (χ3v) is 2.03. The number of rotatable bonds is 5. The van der Waals surface area contributed by atoms with Crippen molar-refractivity contribution < 1.29 is 19.1 Å². The lowest BCUT2D eigenvalue weighted by Crippen LogP contribution is -2.35. The van der Waals surface area contributed by atoms with Crippen LogP contribution in [0.15, 0.2) is 4.99 Å². The highest BCUT2D eigenvalue weighted by atomic mass is 31.2. The van der Waals surface area contributed by atoms with Crippen molar-refractivity contribution in [2.75, 3.05) is 13.1 Å². The molecule has 0 aliphatic carbocycles. The number of hydrogen-bond acceptors (Lipinski definition) is 4. The van der Waals surface area contributed by atoms with Gasteiger partial charge in [0.15, 0.2) is 5.96 Å². The monoisotopic (exact) mass is 238 g/mol. The second kappa shape index (κ2) is 6.52. The molecule has 0 aromatic carbocycles. The van der Waals surface area contributed by atoms with Gasteiger partial charge in [-0.2, -0.15) is 0 Å². The smallest absolute Gasteiger partial charge is 0.370 e. The fourth-order valence-corrected chi connectivity index (χ4v) is 0.938. The van der Waals surface area contributed by atoms with E-state index in [0.717, 1.165) is 6.42 Å². The van der Waals surface area contributed by atoms with Crippen molar-refractivity contribution in [3.05, 3.63) is 0 Å². The molecule has 0 rings (SSSR count). The molecule has 8 nitrogen and oxygen atoms in total. The first-order chi connectivity index (χ1) is 6.88. The number of amides is 1. The molecule has 0 aromatic rings. The van der Waals surface area contributed by atoms with E-state index in [9.17, 15) is 9.36 Å². The lowest BCUT2D eigenvalue weighted by Gasteiger charge is -2.04. The number of guanidine groups is 1. The van der Waals surface area contributed by atoms with Crippen LogP contribution in [0.5, 0.6) is 0 Å². The van der Waals surface area contributed by atoms with E-state index in [1.807, 2.05) is 0 Å². The Kier molecular flexibility index (Phi) is 6.11. The van der Waals surface area contributed by atoms with Gasteiger partial charge in [-0.15, -0.1) is 0 Å². The summed E-state index contributed by atoms with van der Waals surface area (Å²) in [7, 11) is -4.79. The van der Waals surface area contributed by atoms with Crippen LogP contribution in [0.3, 0.4) is 0 Å². The van der Waals surface area contributed by atoms with Crippen LogP contribution < -0.4 is 16.8 Å². The van der Waals surface area contributed by atoms with Gasteiger partial charge in [0, 0.05) is 6.54 Å². The van der Waals surface area contributed by atoms with Gasteiger partial charge in [-0.05, 0) is 19.4 Å². The third kappa shape index (κ3) is 7.03. The van der Waals surface area contributed by atoms with Gasteiger partial charge in [-0.1, -0.05) is 0 Å². The molecule has 0 atom stereocenters. The number of nitrogens with two attached hydrogens (primary N) is 2. The summed E-state index contributed by atoms with van der Waals surface area (Å²) in [4.78, 5) is 31.2. The lowest BCUT2D eigenvalue weighted by atomic mass is 10.3. The predicted octanol–water partition coefficient (Wildman–Crippen LogP) is -1.07. The number of unbranched alkanes of at least 4 members (excludes halogenated alkanes) is 1. The summed E-state index contributed by atoms with van der Waals surface area (Å²) in [6.45, 7) is 0.884. The molecule has 0 aromatic heterocycles. The summed E-state index contributed by atoms with van der Waals surface area (Å²) in [5, 5.41) is 1.79. The Morgan fingerprint density at radius 3 is 2.47 bits per heavy atom. The molecule has 0 fully saturated rings. The predicted molar refractivity (Wildman–Crippen MR) is 55.4 cm³/mol. The highest BCUT2D eigenvalue weighted by molar-refractivity contribution is 7.70. The molecule has 0 saturated carbocycles. The zero-order valence-corrected chi connectivity index (χ0v) is 8.98. The molecule has 9 heteroatoms. The molecule has 7 N–H and O–H groups in total. The zero-order chi connectivity index (χ0) is 11.9. The summed E-state index contributed by atoms with van der Waals surface area (Å²) in [5.74, 6) is -0.305. The van der Waals surface area contributed by atoms with Gasteiger partial charge in [0.1, 0.15) is 0 Å². The average molecular weight is 238 g/mol. The molecule has 0 spiro atoms. The van der Waals surface area contributed by atoms with Crippen LogP contribution in [0, 0.1) is 0 Å². The van der Waals surface area contributed by atoms with Gasteiger partial charge in [0.05, 0.1) is 0 Å². The lowest BCUT2D eigenvalue weighted by molar-refractivity contribution is 0.252. The van der Waals surface area contributed by atoms with Gasteiger partial charge in [-0.25, -0.2) is 4.57 Å². The van der Waals surface area contributed by atoms with E-state index in [2.05, 4.69) is 4.99 Å². The van der Waals surface area contributed by atoms with Gasteiger partial charge in [-0.3, -0.25) is 15.1 Å². The Morgan fingerprint density at radius 2 is 2.00 bits per heavy atom. The van der Waals surface area contributed by atoms with E-state index in [0.29, 0.717) is 19.5 Å². The summed E-state index contributed by atoms with van der Waals surface area (Å²) >= 11 is 0. The largest absolute Gasteiger partial charge is 0.413 e. The van der Waals surface area contributed by atoms with Gasteiger partial charge in [0.2, 0.25) is 0 Å². The Morgan fingerprint density at radius 1 is 1.40 bits per heavy atom. The summed E-state index contributed by atoms with van der Waals surface area (Å²) in [6, 6.07) is 0. The Labute approximate surface area is 86.9 Å². The number of carbonyl (C=O) groups excluding carboxylic acids is 1. The minimum absolute atomic E-state index is 0.305. The maximum absolute atomic E-state index is 10.7. The molecular formula is C6H15N4O4P. The standard InChI is InChI=1S/C6H15N4O4P/c7-3-1-2-4-9-5(8)10-6(11)15(12,13)14/h1-4,7H2,(H2,12,13,14)(H3,8,9,10,11). The van der Waals surface area contributed by atoms with Crippen molar-refractivity contribution in [2.45, 2.75) is 12.8 Å². The van der Waals surface area contributed by atoms with Gasteiger partial charge < -0.3 is 21.3 Å². The van der Waals surface area contributed by atoms with E-state index < -0.39 is 13.2 Å². The SMILES string of the molecule is NCCCCN=C(N)NC(=O)P(=O)(O)O. The molecule has 0 saturated heterocycles. The molecule has 0 bridgehead atoms. The molecule has 0 aliphatic heterocycles. The number of nitrogens with zero attached hydrogens (tertiary/aromatic N) is 1. The number of hydrogen-bond donors (Lipinski definition) is 5. The first-order valence-electron chi connectivity index (χ1n) is 4.25. The summed E-state index contributed by atoms with van der Waals surface area (Å²) < 4.78 is 10.4. The summed E-state index contributed by atoms with van der Waals surface area (Å²) in [6.07, 6.45) is 1.46. The van der Waals surface area contributed by atoms with Crippen molar-refractivity contribution in [1.82, 2.24) is 5.32 Å². The maximum atomic E-state index is 10.7. The highest BCUT2D eigenvalue weighted by Crippen LogP contribution is 2.34. The van der Waals surface area contributed by atoms with Crippen LogP contribution in [-0.2, 0) is 4.57 Å². The van der Waals surface area contributed by atoms with Gasteiger partial charge in [0.25, 0.3) is 0 Å². The maximum Gasteiger partial charge on any atom is 0.413 e. The van der Waals surface area contributed by atoms with E-state index in [4.69, 9.17) is 21.3 Å². The molecule has 0 unspecified atom stereocenters. The van der Waals surface area contributed by atoms with Crippen LogP contribution in [0.4, 0.5) is 4.79 Å². The topological polar surface area (TPSA) is 151 Å². The molecule has 0 heterocycles. The normalized spacial score (nSPS) is 12.6. The highest BCUT2D eigenvalue weighted by Gasteiger charge is 2.25. The van der Waals surface area contributed by atoms with Gasteiger partial charge >= 0.3 is 13.2 Å². The van der Waals surface area contributed by atoms with Crippen molar-refractivity contribution in [1.29, 1.82) is 0 Å². The molecular weight excluding hydrogens is 223 g/mol. The Balaban J connectivity index is 3.97.